The van der Waals surface area contributed by atoms with Crippen LogP contribution in [0.25, 0.3) is 15.9 Å². The van der Waals surface area contributed by atoms with Crippen molar-refractivity contribution in [3.8, 4) is 5.69 Å². The Morgan fingerprint density at radius 3 is 2.80 bits per heavy atom. The van der Waals surface area contributed by atoms with Gasteiger partial charge in [-0.3, -0.25) is 14.2 Å². The first kappa shape index (κ1) is 20.3. The number of aryl methyl sites for hydroxylation is 2. The van der Waals surface area contributed by atoms with Crippen LogP contribution in [0.3, 0.4) is 0 Å². The predicted octanol–water partition coefficient (Wildman–Crippen LogP) is 4.93. The standard InChI is InChI=1S/C22H18FN3O2S2/c1-13-6-7-18(14(2)10-13)26-21(28)20-17(8-9-29-20)25-22(26)30-12-19(27)24-16-5-3-4-15(23)11-16/h3-11H,12H2,1-2H3,(H,24,27). The molecule has 0 aliphatic rings. The Morgan fingerprint density at radius 2 is 2.03 bits per heavy atom. The zero-order chi connectivity index (χ0) is 21.3. The van der Waals surface area contributed by atoms with Gasteiger partial charge in [-0.05, 0) is 55.1 Å². The highest BCUT2D eigenvalue weighted by molar-refractivity contribution is 7.99. The Kier molecular flexibility index (Phi) is 5.69. The maximum Gasteiger partial charge on any atom is 0.276 e. The number of nitrogens with one attached hydrogen (secondary N) is 1. The zero-order valence-corrected chi connectivity index (χ0v) is 17.9. The first-order valence-electron chi connectivity index (χ1n) is 9.18. The molecule has 0 spiro atoms. The number of benzene rings is 2. The summed E-state index contributed by atoms with van der Waals surface area (Å²) in [6, 6.07) is 13.4. The highest BCUT2D eigenvalue weighted by Gasteiger charge is 2.17. The second kappa shape index (κ2) is 8.41. The average molecular weight is 440 g/mol. The number of thiophene rings is 1. The molecule has 0 atom stereocenters. The number of halogens is 1. The fourth-order valence-electron chi connectivity index (χ4n) is 3.15. The van der Waals surface area contributed by atoms with Crippen LogP contribution < -0.4 is 10.9 Å². The molecule has 0 unspecified atom stereocenters. The zero-order valence-electron chi connectivity index (χ0n) is 16.3. The summed E-state index contributed by atoms with van der Waals surface area (Å²) in [4.78, 5) is 30.2. The van der Waals surface area contributed by atoms with Crippen LogP contribution in [-0.2, 0) is 4.79 Å². The van der Waals surface area contributed by atoms with Gasteiger partial charge >= 0.3 is 0 Å². The molecule has 0 saturated heterocycles. The van der Waals surface area contributed by atoms with Crippen LogP contribution in [0.1, 0.15) is 11.1 Å². The highest BCUT2D eigenvalue weighted by atomic mass is 32.2. The molecule has 0 bridgehead atoms. The summed E-state index contributed by atoms with van der Waals surface area (Å²) in [6.07, 6.45) is 0. The van der Waals surface area contributed by atoms with Crippen LogP contribution >= 0.6 is 23.1 Å². The molecule has 1 amide bonds. The second-order valence-corrected chi connectivity index (χ2v) is 8.67. The lowest BCUT2D eigenvalue weighted by atomic mass is 10.1. The molecule has 0 radical (unpaired) electrons. The molecule has 0 aliphatic heterocycles. The van der Waals surface area contributed by atoms with Crippen molar-refractivity contribution in [1.82, 2.24) is 9.55 Å². The normalized spacial score (nSPS) is 11.0. The predicted molar refractivity (Wildman–Crippen MR) is 120 cm³/mol. The van der Waals surface area contributed by atoms with Crippen LogP contribution in [0.5, 0.6) is 0 Å². The number of carbonyl (C=O) groups excluding carboxylic acids is 1. The molecule has 2 heterocycles. The van der Waals surface area contributed by atoms with Crippen LogP contribution in [-0.4, -0.2) is 21.2 Å². The number of hydrogen-bond acceptors (Lipinski definition) is 5. The van der Waals surface area contributed by atoms with E-state index in [0.29, 0.717) is 21.1 Å². The third-order valence-electron chi connectivity index (χ3n) is 4.48. The number of nitrogens with zero attached hydrogens (tertiary/aromatic N) is 2. The van der Waals surface area contributed by atoms with Gasteiger partial charge in [-0.1, -0.05) is 35.5 Å². The third kappa shape index (κ3) is 4.15. The molecular weight excluding hydrogens is 421 g/mol. The van der Waals surface area contributed by atoms with Crippen molar-refractivity contribution < 1.29 is 9.18 Å². The summed E-state index contributed by atoms with van der Waals surface area (Å²) < 4.78 is 15.5. The minimum Gasteiger partial charge on any atom is -0.325 e. The minimum atomic E-state index is -0.422. The first-order chi connectivity index (χ1) is 14.4. The van der Waals surface area contributed by atoms with Crippen LogP contribution in [0.2, 0.25) is 0 Å². The maximum atomic E-state index is 13.3. The van der Waals surface area contributed by atoms with Crippen LogP contribution in [0.15, 0.2) is 63.9 Å². The lowest BCUT2D eigenvalue weighted by molar-refractivity contribution is -0.113. The molecule has 152 valence electrons. The van der Waals surface area contributed by atoms with E-state index in [0.717, 1.165) is 16.8 Å². The number of amides is 1. The molecule has 0 saturated carbocycles. The minimum absolute atomic E-state index is 0.0313. The summed E-state index contributed by atoms with van der Waals surface area (Å²) in [5, 5.41) is 4.93. The Bertz CT molecular complexity index is 1310. The number of rotatable bonds is 5. The van der Waals surface area contributed by atoms with Crippen molar-refractivity contribution >= 4 is 44.9 Å². The van der Waals surface area contributed by atoms with E-state index in [9.17, 15) is 14.0 Å². The fourth-order valence-corrected chi connectivity index (χ4v) is 4.72. The molecule has 1 N–H and O–H groups in total. The van der Waals surface area contributed by atoms with Crippen LogP contribution in [0.4, 0.5) is 10.1 Å². The highest BCUT2D eigenvalue weighted by Crippen LogP contribution is 2.25. The van der Waals surface area contributed by atoms with Crippen molar-refractivity contribution in [2.45, 2.75) is 19.0 Å². The van der Waals surface area contributed by atoms with Gasteiger partial charge in [0.15, 0.2) is 5.16 Å². The Labute approximate surface area is 180 Å². The van der Waals surface area contributed by atoms with Crippen molar-refractivity contribution in [1.29, 1.82) is 0 Å². The Balaban J connectivity index is 1.67. The summed E-state index contributed by atoms with van der Waals surface area (Å²) in [5.41, 5.74) is 3.61. The van der Waals surface area contributed by atoms with Crippen LogP contribution in [0, 0.1) is 19.7 Å². The van der Waals surface area contributed by atoms with Gasteiger partial charge in [0.2, 0.25) is 5.91 Å². The molecule has 5 nitrogen and oxygen atoms in total. The second-order valence-electron chi connectivity index (χ2n) is 6.81. The van der Waals surface area contributed by atoms with E-state index in [4.69, 9.17) is 0 Å². The molecule has 0 fully saturated rings. The molecular formula is C22H18FN3O2S2. The lowest BCUT2D eigenvalue weighted by Crippen LogP contribution is -2.23. The number of aromatic nitrogens is 2. The van der Waals surface area contributed by atoms with Crippen molar-refractivity contribution in [3.05, 3.63) is 81.2 Å². The van der Waals surface area contributed by atoms with E-state index in [1.807, 2.05) is 37.4 Å². The van der Waals surface area contributed by atoms with Gasteiger partial charge in [0.05, 0.1) is 17.0 Å². The molecule has 0 aliphatic carbocycles. The summed E-state index contributed by atoms with van der Waals surface area (Å²) in [5.74, 6) is -0.699. The topological polar surface area (TPSA) is 64.0 Å². The maximum absolute atomic E-state index is 13.3. The van der Waals surface area contributed by atoms with Gasteiger partial charge in [-0.25, -0.2) is 9.37 Å². The molecule has 2 aromatic carbocycles. The van der Waals surface area contributed by atoms with Gasteiger partial charge in [-0.15, -0.1) is 11.3 Å². The largest absolute Gasteiger partial charge is 0.325 e. The van der Waals surface area contributed by atoms with E-state index in [2.05, 4.69) is 10.3 Å². The Morgan fingerprint density at radius 1 is 1.20 bits per heavy atom. The number of carbonyl (C=O) groups is 1. The fraction of sp³-hybridized carbons (Fsp3) is 0.136. The molecule has 30 heavy (non-hydrogen) atoms. The number of anilines is 1. The van der Waals surface area contributed by atoms with Gasteiger partial charge in [0, 0.05) is 5.69 Å². The molecule has 4 aromatic rings. The SMILES string of the molecule is Cc1ccc(-n2c(SCC(=O)Nc3cccc(F)c3)nc3ccsc3c2=O)c(C)c1. The quantitative estimate of drug-likeness (QED) is 0.354. The van der Waals surface area contributed by atoms with Crippen molar-refractivity contribution in [3.63, 3.8) is 0 Å². The van der Waals surface area contributed by atoms with Gasteiger partial charge in [-0.2, -0.15) is 0 Å². The summed E-state index contributed by atoms with van der Waals surface area (Å²) in [7, 11) is 0. The lowest BCUT2D eigenvalue weighted by Gasteiger charge is -2.14. The third-order valence-corrected chi connectivity index (χ3v) is 6.31. The monoisotopic (exact) mass is 439 g/mol. The van der Waals surface area contributed by atoms with Gasteiger partial charge in [0.25, 0.3) is 5.56 Å². The molecule has 2 aromatic heterocycles. The summed E-state index contributed by atoms with van der Waals surface area (Å²) in [6.45, 7) is 3.94. The van der Waals surface area contributed by atoms with Crippen molar-refractivity contribution in [2.75, 3.05) is 11.1 Å². The van der Waals surface area contributed by atoms with E-state index < -0.39 is 5.82 Å². The van der Waals surface area contributed by atoms with E-state index in [1.165, 1.54) is 41.3 Å². The Hall–Kier alpha value is -2.97. The average Bonchev–Trinajstić information content (AvgIpc) is 3.16. The van der Waals surface area contributed by atoms with Crippen molar-refractivity contribution in [2.24, 2.45) is 0 Å². The number of fused-ring (bicyclic) bond motifs is 1. The first-order valence-corrected chi connectivity index (χ1v) is 11.0. The summed E-state index contributed by atoms with van der Waals surface area (Å²) >= 11 is 2.52. The number of hydrogen-bond donors (Lipinski definition) is 1. The smallest absolute Gasteiger partial charge is 0.276 e. The van der Waals surface area contributed by atoms with E-state index >= 15 is 0 Å². The van der Waals surface area contributed by atoms with E-state index in [1.54, 1.807) is 16.7 Å². The molecule has 4 rings (SSSR count). The molecule has 8 heteroatoms. The number of thioether (sulfide) groups is 1. The van der Waals surface area contributed by atoms with E-state index in [-0.39, 0.29) is 17.2 Å². The van der Waals surface area contributed by atoms with Gasteiger partial charge in [0.1, 0.15) is 10.5 Å². The van der Waals surface area contributed by atoms with Gasteiger partial charge < -0.3 is 5.32 Å².